The second-order valence-electron chi connectivity index (χ2n) is 17.5. The summed E-state index contributed by atoms with van der Waals surface area (Å²) in [5, 5.41) is 20.6. The molecule has 2 heterocycles. The van der Waals surface area contributed by atoms with Gasteiger partial charge in [0.15, 0.2) is 11.6 Å². The number of hydrogen-bond donors (Lipinski definition) is 4. The van der Waals surface area contributed by atoms with Gasteiger partial charge in [-0.15, -0.1) is 10.2 Å². The van der Waals surface area contributed by atoms with Gasteiger partial charge in [-0.2, -0.15) is 0 Å². The third-order valence-corrected chi connectivity index (χ3v) is 12.1. The number of carbonyl (C=O) groups excluding carboxylic acids is 5. The minimum absolute atomic E-state index is 0.159. The minimum atomic E-state index is -0.565. The maximum Gasteiger partial charge on any atom is 0.251 e. The lowest BCUT2D eigenvalue weighted by Gasteiger charge is -2.27. The van der Waals surface area contributed by atoms with Gasteiger partial charge in [0.25, 0.3) is 5.91 Å². The quantitative estimate of drug-likeness (QED) is 0.0236. The van der Waals surface area contributed by atoms with E-state index in [0.29, 0.717) is 106 Å². The van der Waals surface area contributed by atoms with Crippen molar-refractivity contribution < 1.29 is 42.9 Å². The lowest BCUT2D eigenvalue weighted by molar-refractivity contribution is -0.126. The van der Waals surface area contributed by atoms with E-state index in [1.165, 1.54) is 6.33 Å². The smallest absolute Gasteiger partial charge is 0.251 e. The van der Waals surface area contributed by atoms with Gasteiger partial charge < -0.3 is 49.6 Å². The summed E-state index contributed by atoms with van der Waals surface area (Å²) in [6.45, 7) is 6.44. The molecule has 0 aliphatic carbocycles. The number of unbranched alkanes of at least 4 members (excludes halogenated alkanes) is 5. The van der Waals surface area contributed by atoms with Gasteiger partial charge in [0.1, 0.15) is 30.3 Å². The first-order chi connectivity index (χ1) is 35.6. The Bertz CT molecular complexity index is 2470. The van der Waals surface area contributed by atoms with Crippen LogP contribution in [0.25, 0.3) is 11.5 Å². The van der Waals surface area contributed by atoms with Crippen molar-refractivity contribution in [3.05, 3.63) is 113 Å². The molecule has 73 heavy (non-hydrogen) atoms. The second kappa shape index (κ2) is 32.2. The first-order valence-electron chi connectivity index (χ1n) is 25.1. The van der Waals surface area contributed by atoms with Crippen LogP contribution in [0.2, 0.25) is 0 Å². The molecule has 0 saturated heterocycles. The van der Waals surface area contributed by atoms with Gasteiger partial charge in [-0.25, -0.2) is 9.97 Å². The standard InChI is InChI=1S/C54H72N10O9/c1-40(59-53(68)42-17-12-19-44(34-42)57-36-50-61-62-52(64(50)4)48-24-25-56-39-58-48)41-16-13-20-45(35-41)73-29-11-6-5-9-27-70-30-32-72-33-31-71-28-10-7-8-23-51(67)60-47-21-14-18-43(38-66)46(47)37-63(3)49(22-15-26-65)54(69)55-2/h12-14,16-21,24-26,34-35,38-40,49,57H,5-11,15,22-23,27-33,36-37H2,1-4H3,(H,55,69)(H,59,68)(H,60,67)/t40-,49?/m1/s1. The van der Waals surface area contributed by atoms with Gasteiger partial charge in [0, 0.05) is 81.0 Å². The van der Waals surface area contributed by atoms with Crippen LogP contribution in [0, 0.1) is 0 Å². The van der Waals surface area contributed by atoms with Crippen LogP contribution in [0.3, 0.4) is 0 Å². The van der Waals surface area contributed by atoms with Gasteiger partial charge in [0.2, 0.25) is 11.8 Å². The van der Waals surface area contributed by atoms with E-state index in [2.05, 4.69) is 41.4 Å². The molecule has 2 atom stereocenters. The molecular formula is C54H72N10O9. The van der Waals surface area contributed by atoms with Crippen molar-refractivity contribution in [2.24, 2.45) is 7.05 Å². The third-order valence-electron chi connectivity index (χ3n) is 12.1. The average molecular weight is 1010 g/mol. The zero-order chi connectivity index (χ0) is 52.0. The van der Waals surface area contributed by atoms with E-state index in [-0.39, 0.29) is 36.7 Å². The first kappa shape index (κ1) is 57.0. The van der Waals surface area contributed by atoms with E-state index in [0.717, 1.165) is 73.9 Å². The predicted octanol–water partition coefficient (Wildman–Crippen LogP) is 6.90. The number of carbonyl (C=O) groups is 5. The molecule has 0 fully saturated rings. The Morgan fingerprint density at radius 3 is 2.23 bits per heavy atom. The van der Waals surface area contributed by atoms with Crippen LogP contribution in [0.15, 0.2) is 85.3 Å². The van der Waals surface area contributed by atoms with Crippen LogP contribution in [0.4, 0.5) is 11.4 Å². The molecule has 19 nitrogen and oxygen atoms in total. The lowest BCUT2D eigenvalue weighted by Crippen LogP contribution is -2.43. The Balaban J connectivity index is 0.842. The zero-order valence-corrected chi connectivity index (χ0v) is 42.7. The molecule has 19 heteroatoms. The number of ether oxygens (including phenoxy) is 4. The molecule has 4 N–H and O–H groups in total. The normalized spacial score (nSPS) is 12.0. The fourth-order valence-electron chi connectivity index (χ4n) is 7.93. The molecule has 0 saturated carbocycles. The van der Waals surface area contributed by atoms with E-state index in [1.807, 2.05) is 61.0 Å². The van der Waals surface area contributed by atoms with E-state index in [9.17, 15) is 24.0 Å². The number of anilines is 2. The van der Waals surface area contributed by atoms with Crippen LogP contribution in [-0.2, 0) is 48.7 Å². The van der Waals surface area contributed by atoms with Crippen molar-refractivity contribution in [2.75, 3.05) is 71.0 Å². The zero-order valence-electron chi connectivity index (χ0n) is 42.7. The summed E-state index contributed by atoms with van der Waals surface area (Å²) in [7, 11) is 5.18. The van der Waals surface area contributed by atoms with Crippen LogP contribution in [0.5, 0.6) is 5.75 Å². The van der Waals surface area contributed by atoms with E-state index < -0.39 is 6.04 Å². The molecule has 392 valence electrons. The number of aldehydes is 2. The maximum atomic E-state index is 13.3. The highest BCUT2D eigenvalue weighted by Gasteiger charge is 2.24. The summed E-state index contributed by atoms with van der Waals surface area (Å²) in [5.74, 6) is 1.57. The van der Waals surface area contributed by atoms with Gasteiger partial charge in [-0.1, -0.05) is 43.2 Å². The SMILES string of the molecule is CNC(=O)C(CCC=O)N(C)Cc1c(C=O)cccc1NC(=O)CCCCCOCCOCCOCCCCCCOc1cccc([C@@H](C)NC(=O)c2cccc(NCc3nnc(-c4ccncn4)n3C)c2)c1. The molecule has 2 aromatic heterocycles. The van der Waals surface area contributed by atoms with E-state index in [1.54, 1.807) is 55.5 Å². The summed E-state index contributed by atoms with van der Waals surface area (Å²) < 4.78 is 25.0. The number of aromatic nitrogens is 5. The first-order valence-corrected chi connectivity index (χ1v) is 25.1. The van der Waals surface area contributed by atoms with Crippen molar-refractivity contribution in [3.63, 3.8) is 0 Å². The van der Waals surface area contributed by atoms with Crippen LogP contribution < -0.4 is 26.0 Å². The fourth-order valence-corrected chi connectivity index (χ4v) is 7.93. The van der Waals surface area contributed by atoms with Crippen molar-refractivity contribution in [2.45, 2.75) is 96.3 Å². The Kier molecular flexibility index (Phi) is 25.1. The number of hydrogen-bond acceptors (Lipinski definition) is 15. The van der Waals surface area contributed by atoms with Crippen molar-refractivity contribution in [1.29, 1.82) is 0 Å². The second-order valence-corrected chi connectivity index (χ2v) is 17.5. The highest BCUT2D eigenvalue weighted by molar-refractivity contribution is 5.95. The highest BCUT2D eigenvalue weighted by Crippen LogP contribution is 2.24. The van der Waals surface area contributed by atoms with Gasteiger partial charge in [-0.05, 0) is 101 Å². The summed E-state index contributed by atoms with van der Waals surface area (Å²) >= 11 is 0. The summed E-state index contributed by atoms with van der Waals surface area (Å²) in [6, 6.07) is 21.3. The number of amides is 3. The molecule has 0 aliphatic rings. The Labute approximate surface area is 428 Å². The molecule has 0 bridgehead atoms. The van der Waals surface area contributed by atoms with Crippen molar-refractivity contribution >= 4 is 41.7 Å². The summed E-state index contributed by atoms with van der Waals surface area (Å²) in [4.78, 5) is 71.4. The number of nitrogens with one attached hydrogen (secondary N) is 4. The predicted molar refractivity (Wildman–Crippen MR) is 278 cm³/mol. The molecular weight excluding hydrogens is 933 g/mol. The third kappa shape index (κ3) is 19.5. The molecule has 5 rings (SSSR count). The topological polar surface area (TPSA) is 230 Å². The fraction of sp³-hybridized carbons (Fsp3) is 0.463. The van der Waals surface area contributed by atoms with Crippen LogP contribution in [-0.4, -0.2) is 126 Å². The van der Waals surface area contributed by atoms with Gasteiger partial charge in [0.05, 0.1) is 51.7 Å². The molecule has 5 aromatic rings. The Morgan fingerprint density at radius 1 is 0.808 bits per heavy atom. The molecule has 0 spiro atoms. The molecule has 0 aliphatic heterocycles. The molecule has 1 unspecified atom stereocenters. The average Bonchev–Trinajstić information content (AvgIpc) is 3.78. The van der Waals surface area contributed by atoms with E-state index >= 15 is 0 Å². The molecule has 3 amide bonds. The van der Waals surface area contributed by atoms with Crippen molar-refractivity contribution in [3.8, 4) is 17.3 Å². The van der Waals surface area contributed by atoms with Crippen molar-refractivity contribution in [1.82, 2.24) is 40.3 Å². The highest BCUT2D eigenvalue weighted by atomic mass is 16.5. The number of nitrogens with zero attached hydrogens (tertiary/aromatic N) is 6. The van der Waals surface area contributed by atoms with Crippen LogP contribution in [0.1, 0.15) is 115 Å². The monoisotopic (exact) mass is 1000 g/mol. The maximum absolute atomic E-state index is 13.3. The lowest BCUT2D eigenvalue weighted by atomic mass is 10.0. The Hall–Kier alpha value is -6.93. The largest absolute Gasteiger partial charge is 0.494 e. The summed E-state index contributed by atoms with van der Waals surface area (Å²) in [5.41, 5.74) is 4.52. The molecule has 3 aromatic carbocycles. The van der Waals surface area contributed by atoms with E-state index in [4.69, 9.17) is 18.9 Å². The van der Waals surface area contributed by atoms with Crippen LogP contribution >= 0.6 is 0 Å². The summed E-state index contributed by atoms with van der Waals surface area (Å²) in [6.07, 6.45) is 11.8. The van der Waals surface area contributed by atoms with Gasteiger partial charge >= 0.3 is 0 Å². The molecule has 0 radical (unpaired) electrons. The Morgan fingerprint density at radius 2 is 1.52 bits per heavy atom. The number of likely N-dealkylation sites (N-methyl/N-ethyl adjacent to an activating group) is 2. The van der Waals surface area contributed by atoms with Gasteiger partial charge in [-0.3, -0.25) is 24.1 Å². The minimum Gasteiger partial charge on any atom is -0.494 e. The number of benzene rings is 3. The number of rotatable bonds is 36.